The van der Waals surface area contributed by atoms with Crippen molar-refractivity contribution < 1.29 is 9.59 Å². The molecule has 0 unspecified atom stereocenters. The minimum Gasteiger partial charge on any atom is -0.383 e. The number of hydrogen-bond donors (Lipinski definition) is 1. The van der Waals surface area contributed by atoms with Crippen molar-refractivity contribution in [3.05, 3.63) is 64.7 Å². The number of carbonyl (C=O) groups is 2. The molecule has 2 aromatic rings. The number of nitrogens with zero attached hydrogens (tertiary/aromatic N) is 1. The summed E-state index contributed by atoms with van der Waals surface area (Å²) in [5, 5.41) is 3.39. The first-order chi connectivity index (χ1) is 11.0. The van der Waals surface area contributed by atoms with Crippen LogP contribution in [-0.4, -0.2) is 22.8 Å². The van der Waals surface area contributed by atoms with Crippen molar-refractivity contribution in [1.29, 1.82) is 0 Å². The van der Waals surface area contributed by atoms with E-state index in [1.54, 1.807) is 24.3 Å². The fourth-order valence-corrected chi connectivity index (χ4v) is 2.80. The Morgan fingerprint density at radius 1 is 1.00 bits per heavy atom. The smallest absolute Gasteiger partial charge is 0.261 e. The summed E-state index contributed by atoms with van der Waals surface area (Å²) in [5.41, 5.74) is 4.10. The van der Waals surface area contributed by atoms with Gasteiger partial charge in [0.25, 0.3) is 11.8 Å². The van der Waals surface area contributed by atoms with Gasteiger partial charge in [0.2, 0.25) is 0 Å². The lowest BCUT2D eigenvalue weighted by atomic mass is 10.1. The number of anilines is 1. The number of imide groups is 1. The van der Waals surface area contributed by atoms with Crippen LogP contribution in [0.15, 0.2) is 42.5 Å². The molecule has 23 heavy (non-hydrogen) atoms. The number of hydrogen-bond acceptors (Lipinski definition) is 3. The molecule has 1 N–H and O–H groups in total. The zero-order valence-corrected chi connectivity index (χ0v) is 13.6. The number of amides is 2. The third-order valence-electron chi connectivity index (χ3n) is 3.97. The molecule has 4 nitrogen and oxygen atoms in total. The molecule has 3 rings (SSSR count). The van der Waals surface area contributed by atoms with E-state index in [0.717, 1.165) is 16.8 Å². The Morgan fingerprint density at radius 2 is 1.61 bits per heavy atom. The van der Waals surface area contributed by atoms with Crippen LogP contribution in [0.2, 0.25) is 0 Å². The van der Waals surface area contributed by atoms with Crippen LogP contribution in [0, 0.1) is 6.92 Å². The second-order valence-electron chi connectivity index (χ2n) is 6.19. The molecule has 0 atom stereocenters. The topological polar surface area (TPSA) is 49.4 Å². The monoisotopic (exact) mass is 308 g/mol. The molecule has 2 aromatic carbocycles. The molecule has 1 aliphatic heterocycles. The molecule has 1 heterocycles. The number of fused-ring (bicyclic) bond motifs is 1. The number of nitrogens with one attached hydrogen (secondary N) is 1. The number of benzene rings is 2. The zero-order chi connectivity index (χ0) is 16.6. The summed E-state index contributed by atoms with van der Waals surface area (Å²) in [6.07, 6.45) is 0. The molecule has 1 aliphatic rings. The van der Waals surface area contributed by atoms with Crippen LogP contribution in [0.1, 0.15) is 45.7 Å². The van der Waals surface area contributed by atoms with Gasteiger partial charge in [0.15, 0.2) is 0 Å². The van der Waals surface area contributed by atoms with Gasteiger partial charge in [0.05, 0.1) is 17.7 Å². The van der Waals surface area contributed by atoms with E-state index < -0.39 is 0 Å². The molecule has 0 saturated heterocycles. The van der Waals surface area contributed by atoms with Gasteiger partial charge in [-0.15, -0.1) is 0 Å². The van der Waals surface area contributed by atoms with Crippen LogP contribution in [0.3, 0.4) is 0 Å². The second-order valence-corrected chi connectivity index (χ2v) is 6.19. The van der Waals surface area contributed by atoms with Crippen molar-refractivity contribution in [2.75, 3.05) is 5.32 Å². The highest BCUT2D eigenvalue weighted by Gasteiger charge is 2.34. The summed E-state index contributed by atoms with van der Waals surface area (Å²) in [4.78, 5) is 26.2. The van der Waals surface area contributed by atoms with E-state index in [9.17, 15) is 9.59 Å². The van der Waals surface area contributed by atoms with Crippen LogP contribution in [0.4, 0.5) is 5.69 Å². The fraction of sp³-hybridized carbons (Fsp3) is 0.263. The van der Waals surface area contributed by atoms with Crippen molar-refractivity contribution in [2.24, 2.45) is 0 Å². The van der Waals surface area contributed by atoms with E-state index in [-0.39, 0.29) is 11.8 Å². The number of aryl methyl sites for hydroxylation is 1. The standard InChI is InChI=1S/C19H20N2O2/c1-12(2)20-17-10-14(9-8-13(17)3)11-21-18(22)15-6-4-5-7-16(15)19(21)23/h4-10,12,20H,11H2,1-3H3. The van der Waals surface area contributed by atoms with Crippen molar-refractivity contribution >= 4 is 17.5 Å². The third-order valence-corrected chi connectivity index (χ3v) is 3.97. The van der Waals surface area contributed by atoms with Crippen LogP contribution < -0.4 is 5.32 Å². The molecule has 0 fully saturated rings. The highest BCUT2D eigenvalue weighted by Crippen LogP contribution is 2.25. The van der Waals surface area contributed by atoms with Gasteiger partial charge in [0.1, 0.15) is 0 Å². The maximum Gasteiger partial charge on any atom is 0.261 e. The molecule has 0 aromatic heterocycles. The summed E-state index contributed by atoms with van der Waals surface area (Å²) in [5.74, 6) is -0.436. The molecule has 2 amide bonds. The second kappa shape index (κ2) is 5.88. The maximum absolute atomic E-state index is 12.4. The summed E-state index contributed by atoms with van der Waals surface area (Å²) < 4.78 is 0. The van der Waals surface area contributed by atoms with E-state index in [0.29, 0.717) is 23.7 Å². The van der Waals surface area contributed by atoms with Gasteiger partial charge in [-0.25, -0.2) is 0 Å². The maximum atomic E-state index is 12.4. The molecule has 0 aliphatic carbocycles. The number of carbonyl (C=O) groups excluding carboxylic acids is 2. The lowest BCUT2D eigenvalue weighted by molar-refractivity contribution is 0.0642. The lowest BCUT2D eigenvalue weighted by Gasteiger charge is -2.17. The van der Waals surface area contributed by atoms with E-state index >= 15 is 0 Å². The normalized spacial score (nSPS) is 13.7. The predicted octanol–water partition coefficient (Wildman–Crippen LogP) is 3.61. The van der Waals surface area contributed by atoms with Gasteiger partial charge >= 0.3 is 0 Å². The highest BCUT2D eigenvalue weighted by atomic mass is 16.2. The molecule has 0 spiro atoms. The first-order valence-electron chi connectivity index (χ1n) is 7.78. The minimum absolute atomic E-state index is 0.218. The minimum atomic E-state index is -0.218. The molecule has 0 saturated carbocycles. The Labute approximate surface area is 136 Å². The van der Waals surface area contributed by atoms with E-state index in [1.165, 1.54) is 4.90 Å². The Kier molecular flexibility index (Phi) is 3.90. The first kappa shape index (κ1) is 15.3. The van der Waals surface area contributed by atoms with Gasteiger partial charge in [-0.3, -0.25) is 14.5 Å². The fourth-order valence-electron chi connectivity index (χ4n) is 2.80. The highest BCUT2D eigenvalue weighted by molar-refractivity contribution is 6.21. The SMILES string of the molecule is Cc1ccc(CN2C(=O)c3ccccc3C2=O)cc1NC(C)C. The Hall–Kier alpha value is -2.62. The van der Waals surface area contributed by atoms with E-state index in [4.69, 9.17) is 0 Å². The summed E-state index contributed by atoms with van der Waals surface area (Å²) in [6, 6.07) is 13.3. The van der Waals surface area contributed by atoms with Gasteiger partial charge < -0.3 is 5.32 Å². The van der Waals surface area contributed by atoms with Crippen LogP contribution in [0.25, 0.3) is 0 Å². The predicted molar refractivity (Wildman–Crippen MR) is 90.6 cm³/mol. The number of rotatable bonds is 4. The van der Waals surface area contributed by atoms with Crippen molar-refractivity contribution in [3.8, 4) is 0 Å². The first-order valence-corrected chi connectivity index (χ1v) is 7.78. The van der Waals surface area contributed by atoms with Crippen molar-refractivity contribution in [1.82, 2.24) is 4.90 Å². The summed E-state index contributed by atoms with van der Waals surface area (Å²) in [6.45, 7) is 6.49. The molecule has 4 heteroatoms. The van der Waals surface area contributed by atoms with Gasteiger partial charge in [-0.1, -0.05) is 24.3 Å². The molecular weight excluding hydrogens is 288 g/mol. The Bertz CT molecular complexity index is 746. The van der Waals surface area contributed by atoms with Gasteiger partial charge in [-0.05, 0) is 50.1 Å². The van der Waals surface area contributed by atoms with E-state index in [1.807, 2.05) is 25.1 Å². The summed E-state index contributed by atoms with van der Waals surface area (Å²) in [7, 11) is 0. The largest absolute Gasteiger partial charge is 0.383 e. The average molecular weight is 308 g/mol. The van der Waals surface area contributed by atoms with Crippen LogP contribution >= 0.6 is 0 Å². The van der Waals surface area contributed by atoms with Crippen LogP contribution in [0.5, 0.6) is 0 Å². The zero-order valence-electron chi connectivity index (χ0n) is 13.6. The van der Waals surface area contributed by atoms with Gasteiger partial charge in [-0.2, -0.15) is 0 Å². The van der Waals surface area contributed by atoms with E-state index in [2.05, 4.69) is 19.2 Å². The molecule has 0 bridgehead atoms. The third kappa shape index (κ3) is 2.84. The molecule has 118 valence electrons. The molecule has 0 radical (unpaired) electrons. The van der Waals surface area contributed by atoms with Crippen LogP contribution in [-0.2, 0) is 6.54 Å². The van der Waals surface area contributed by atoms with Crippen molar-refractivity contribution in [2.45, 2.75) is 33.4 Å². The quantitative estimate of drug-likeness (QED) is 0.878. The summed E-state index contributed by atoms with van der Waals surface area (Å²) >= 11 is 0. The molecular formula is C19H20N2O2. The lowest BCUT2D eigenvalue weighted by Crippen LogP contribution is -2.29. The van der Waals surface area contributed by atoms with Gasteiger partial charge in [0, 0.05) is 11.7 Å². The van der Waals surface area contributed by atoms with Crippen molar-refractivity contribution in [3.63, 3.8) is 0 Å². The average Bonchev–Trinajstić information content (AvgIpc) is 2.76. The Balaban J connectivity index is 1.86. The Morgan fingerprint density at radius 3 is 2.17 bits per heavy atom.